The van der Waals surface area contributed by atoms with E-state index in [1.165, 1.54) is 12.0 Å². The summed E-state index contributed by atoms with van der Waals surface area (Å²) in [5, 5.41) is 14.5. The second-order valence-corrected chi connectivity index (χ2v) is 6.89. The van der Waals surface area contributed by atoms with E-state index in [9.17, 15) is 5.11 Å². The first-order valence-corrected chi connectivity index (χ1v) is 8.22. The van der Waals surface area contributed by atoms with E-state index in [4.69, 9.17) is 4.74 Å². The average molecular weight is 340 g/mol. The summed E-state index contributed by atoms with van der Waals surface area (Å²) < 4.78 is 6.27. The fourth-order valence-electron chi connectivity index (χ4n) is 3.85. The number of nitrogens with one attached hydrogen (secondary N) is 1. The number of aliphatic hydroxyl groups is 1. The first-order valence-electron chi connectivity index (χ1n) is 7.43. The third-order valence-corrected chi connectivity index (χ3v) is 5.54. The average Bonchev–Trinajstić information content (AvgIpc) is 2.45. The van der Waals surface area contributed by atoms with Gasteiger partial charge in [-0.05, 0) is 59.4 Å². The van der Waals surface area contributed by atoms with Crippen molar-refractivity contribution >= 4 is 15.9 Å². The molecule has 0 radical (unpaired) electrons. The van der Waals surface area contributed by atoms with E-state index < -0.39 is 5.60 Å². The summed E-state index contributed by atoms with van der Waals surface area (Å²) in [5.74, 6) is 1.17. The molecule has 1 aliphatic carbocycles. The van der Waals surface area contributed by atoms with E-state index in [0.29, 0.717) is 5.92 Å². The van der Waals surface area contributed by atoms with Crippen LogP contribution < -0.4 is 10.1 Å². The van der Waals surface area contributed by atoms with E-state index in [1.807, 2.05) is 6.07 Å². The minimum Gasteiger partial charge on any atom is -0.496 e. The van der Waals surface area contributed by atoms with Gasteiger partial charge in [0.25, 0.3) is 0 Å². The second kappa shape index (κ2) is 5.66. The van der Waals surface area contributed by atoms with Crippen LogP contribution >= 0.6 is 15.9 Å². The first kappa shape index (κ1) is 14.4. The maximum atomic E-state index is 10.9. The third kappa shape index (κ3) is 2.49. The number of rotatable bonds is 2. The fraction of sp³-hybridized carbons (Fsp3) is 0.625. The smallest absolute Gasteiger partial charge is 0.133 e. The van der Waals surface area contributed by atoms with Gasteiger partial charge >= 0.3 is 0 Å². The minimum atomic E-state index is -0.472. The van der Waals surface area contributed by atoms with E-state index in [2.05, 4.69) is 33.4 Å². The van der Waals surface area contributed by atoms with Gasteiger partial charge in [-0.3, -0.25) is 0 Å². The zero-order chi connectivity index (χ0) is 14.2. The summed E-state index contributed by atoms with van der Waals surface area (Å²) in [7, 11) is 1.68. The maximum absolute atomic E-state index is 10.9. The Hall–Kier alpha value is -0.580. The van der Waals surface area contributed by atoms with Gasteiger partial charge in [0.2, 0.25) is 0 Å². The lowest BCUT2D eigenvalue weighted by Gasteiger charge is -2.48. The Morgan fingerprint density at radius 1 is 1.35 bits per heavy atom. The predicted octanol–water partition coefficient (Wildman–Crippen LogP) is 3.41. The molecule has 2 fully saturated rings. The molecule has 1 saturated carbocycles. The van der Waals surface area contributed by atoms with Gasteiger partial charge in [-0.15, -0.1) is 0 Å². The number of methoxy groups -OCH3 is 1. The Morgan fingerprint density at radius 3 is 2.95 bits per heavy atom. The Kier molecular flexibility index (Phi) is 4.07. The summed E-state index contributed by atoms with van der Waals surface area (Å²) in [6, 6.07) is 6.48. The lowest BCUT2D eigenvalue weighted by atomic mass is 9.67. The second-order valence-electron chi connectivity index (χ2n) is 6.03. The highest BCUT2D eigenvalue weighted by Gasteiger charge is 2.45. The van der Waals surface area contributed by atoms with Crippen LogP contribution in [0, 0.1) is 5.92 Å². The van der Waals surface area contributed by atoms with Gasteiger partial charge < -0.3 is 15.2 Å². The molecule has 2 N–H and O–H groups in total. The molecule has 1 aromatic carbocycles. The van der Waals surface area contributed by atoms with E-state index in [1.54, 1.807) is 7.11 Å². The molecule has 1 heterocycles. The summed E-state index contributed by atoms with van der Waals surface area (Å²) >= 11 is 3.56. The Morgan fingerprint density at radius 2 is 2.20 bits per heavy atom. The monoisotopic (exact) mass is 339 g/mol. The van der Waals surface area contributed by atoms with Gasteiger partial charge in [0, 0.05) is 12.0 Å². The molecule has 3 nitrogen and oxygen atoms in total. The predicted molar refractivity (Wildman–Crippen MR) is 83.0 cm³/mol. The van der Waals surface area contributed by atoms with Gasteiger partial charge in [-0.1, -0.05) is 18.9 Å². The van der Waals surface area contributed by atoms with E-state index in [0.717, 1.165) is 42.5 Å². The quantitative estimate of drug-likeness (QED) is 0.867. The van der Waals surface area contributed by atoms with Crippen LogP contribution in [0.15, 0.2) is 22.7 Å². The van der Waals surface area contributed by atoms with E-state index in [-0.39, 0.29) is 6.04 Å². The number of halogens is 1. The Balaban J connectivity index is 1.90. The van der Waals surface area contributed by atoms with Crippen LogP contribution in [0.1, 0.15) is 43.7 Å². The summed E-state index contributed by atoms with van der Waals surface area (Å²) in [6.07, 6.45) is 5.32. The van der Waals surface area contributed by atoms with Gasteiger partial charge in [-0.25, -0.2) is 0 Å². The zero-order valence-corrected chi connectivity index (χ0v) is 13.4. The highest BCUT2D eigenvalue weighted by molar-refractivity contribution is 9.10. The number of hydrogen-bond donors (Lipinski definition) is 2. The molecule has 0 bridgehead atoms. The highest BCUT2D eigenvalue weighted by Crippen LogP contribution is 2.46. The van der Waals surface area contributed by atoms with Crippen LogP contribution in [0.5, 0.6) is 5.75 Å². The minimum absolute atomic E-state index is 0.247. The van der Waals surface area contributed by atoms with Crippen LogP contribution in [-0.4, -0.2) is 24.4 Å². The molecule has 1 saturated heterocycles. The lowest BCUT2D eigenvalue weighted by Crippen LogP contribution is -2.53. The van der Waals surface area contributed by atoms with Crippen molar-refractivity contribution in [2.24, 2.45) is 5.92 Å². The Labute approximate surface area is 128 Å². The lowest BCUT2D eigenvalue weighted by molar-refractivity contribution is -0.0861. The molecule has 3 atom stereocenters. The third-order valence-electron chi connectivity index (χ3n) is 4.92. The molecule has 0 unspecified atom stereocenters. The SMILES string of the molecule is COc1ccc([C@@H]2NCC[C@]3(O)CCCC[C@H]23)cc1Br. The molecule has 1 aliphatic heterocycles. The van der Waals surface area contributed by atoms with Crippen LogP contribution in [0.2, 0.25) is 0 Å². The van der Waals surface area contributed by atoms with Crippen molar-refractivity contribution in [3.05, 3.63) is 28.2 Å². The summed E-state index contributed by atoms with van der Waals surface area (Å²) in [5.41, 5.74) is 0.767. The van der Waals surface area contributed by atoms with Crippen molar-refractivity contribution in [1.82, 2.24) is 5.32 Å². The number of hydrogen-bond acceptors (Lipinski definition) is 3. The zero-order valence-electron chi connectivity index (χ0n) is 11.9. The molecule has 110 valence electrons. The van der Waals surface area contributed by atoms with Gasteiger partial charge in [-0.2, -0.15) is 0 Å². The van der Waals surface area contributed by atoms with Crippen LogP contribution in [-0.2, 0) is 0 Å². The number of benzene rings is 1. The molecular formula is C16H22BrNO2. The van der Waals surface area contributed by atoms with Gasteiger partial charge in [0.1, 0.15) is 5.75 Å². The molecule has 4 heteroatoms. The molecular weight excluding hydrogens is 318 g/mol. The number of fused-ring (bicyclic) bond motifs is 1. The van der Waals surface area contributed by atoms with Crippen molar-refractivity contribution in [2.45, 2.75) is 43.7 Å². The summed E-state index contributed by atoms with van der Waals surface area (Å²) in [4.78, 5) is 0. The molecule has 0 amide bonds. The number of piperidine rings is 1. The largest absolute Gasteiger partial charge is 0.496 e. The van der Waals surface area contributed by atoms with Crippen molar-refractivity contribution in [1.29, 1.82) is 0 Å². The fourth-order valence-corrected chi connectivity index (χ4v) is 4.41. The van der Waals surface area contributed by atoms with E-state index >= 15 is 0 Å². The molecule has 20 heavy (non-hydrogen) atoms. The summed E-state index contributed by atoms with van der Waals surface area (Å²) in [6.45, 7) is 0.890. The molecule has 3 rings (SSSR count). The van der Waals surface area contributed by atoms with Crippen LogP contribution in [0.4, 0.5) is 0 Å². The molecule has 0 spiro atoms. The molecule has 0 aromatic heterocycles. The van der Waals surface area contributed by atoms with Gasteiger partial charge in [0.15, 0.2) is 0 Å². The first-order chi connectivity index (χ1) is 9.64. The maximum Gasteiger partial charge on any atom is 0.133 e. The topological polar surface area (TPSA) is 41.5 Å². The van der Waals surface area contributed by atoms with Crippen LogP contribution in [0.3, 0.4) is 0 Å². The Bertz CT molecular complexity index is 489. The highest BCUT2D eigenvalue weighted by atomic mass is 79.9. The molecule has 2 aliphatic rings. The van der Waals surface area contributed by atoms with Crippen molar-refractivity contribution < 1.29 is 9.84 Å². The van der Waals surface area contributed by atoms with Crippen molar-refractivity contribution in [3.8, 4) is 5.75 Å². The molecule has 1 aromatic rings. The van der Waals surface area contributed by atoms with Crippen molar-refractivity contribution in [3.63, 3.8) is 0 Å². The van der Waals surface area contributed by atoms with Gasteiger partial charge in [0.05, 0.1) is 17.2 Å². The number of ether oxygens (including phenoxy) is 1. The van der Waals surface area contributed by atoms with Crippen LogP contribution in [0.25, 0.3) is 0 Å². The van der Waals surface area contributed by atoms with Crippen molar-refractivity contribution in [2.75, 3.05) is 13.7 Å². The standard InChI is InChI=1S/C16H22BrNO2/c1-20-14-6-5-11(10-13(14)17)15-12-4-2-3-7-16(12,19)8-9-18-15/h5-6,10,12,15,18-19H,2-4,7-9H2,1H3/t12-,15+,16-/m1/s1. The normalized spacial score (nSPS) is 33.5.